The Balaban J connectivity index is 2.61. The van der Waals surface area contributed by atoms with Gasteiger partial charge in [-0.05, 0) is 42.1 Å². The van der Waals surface area contributed by atoms with Gasteiger partial charge in [0.25, 0.3) is 0 Å². The van der Waals surface area contributed by atoms with Crippen molar-refractivity contribution in [3.63, 3.8) is 0 Å². The van der Waals surface area contributed by atoms with Crippen molar-refractivity contribution in [3.8, 4) is 11.3 Å². The molecular formula is C14H13F3N3O-. The molecule has 0 saturated carbocycles. The van der Waals surface area contributed by atoms with Crippen molar-refractivity contribution in [2.24, 2.45) is 4.99 Å². The maximum Gasteiger partial charge on any atom is 0.431 e. The van der Waals surface area contributed by atoms with Gasteiger partial charge in [0.05, 0.1) is 0 Å². The van der Waals surface area contributed by atoms with Crippen molar-refractivity contribution in [2.75, 3.05) is 12.8 Å². The average Bonchev–Trinajstić information content (AvgIpc) is 2.86. The van der Waals surface area contributed by atoms with E-state index in [0.29, 0.717) is 11.3 Å². The predicted molar refractivity (Wildman–Crippen MR) is 72.8 cm³/mol. The van der Waals surface area contributed by atoms with E-state index in [1.54, 1.807) is 25.1 Å². The molecule has 7 heteroatoms. The molecule has 0 aliphatic heterocycles. The molecule has 0 atom stereocenters. The average molecular weight is 296 g/mol. The van der Waals surface area contributed by atoms with Gasteiger partial charge >= 0.3 is 6.18 Å². The number of aromatic nitrogens is 1. The highest BCUT2D eigenvalue weighted by atomic mass is 19.4. The summed E-state index contributed by atoms with van der Waals surface area (Å²) in [4.78, 5) is 5.55. The van der Waals surface area contributed by atoms with Gasteiger partial charge < -0.3 is 20.8 Å². The summed E-state index contributed by atoms with van der Waals surface area (Å²) >= 11 is 0. The fraction of sp³-hybridized carbons (Fsp3) is 0.214. The largest absolute Gasteiger partial charge is 0.858 e. The Kier molecular flexibility index (Phi) is 3.67. The van der Waals surface area contributed by atoms with Crippen LogP contribution in [0.25, 0.3) is 11.3 Å². The normalized spacial score (nSPS) is 12.7. The fourth-order valence-electron chi connectivity index (χ4n) is 1.97. The second-order valence-corrected chi connectivity index (χ2v) is 4.57. The highest BCUT2D eigenvalue weighted by molar-refractivity contribution is 5.93. The molecule has 0 amide bonds. The number of benzene rings is 1. The van der Waals surface area contributed by atoms with Crippen LogP contribution in [0, 0.1) is 6.92 Å². The first kappa shape index (κ1) is 15.0. The molecule has 3 N–H and O–H groups in total. The van der Waals surface area contributed by atoms with Gasteiger partial charge in [-0.3, -0.25) is 0 Å². The van der Waals surface area contributed by atoms with E-state index < -0.39 is 23.3 Å². The highest BCUT2D eigenvalue weighted by Gasteiger charge is 2.35. The zero-order chi connectivity index (χ0) is 15.8. The summed E-state index contributed by atoms with van der Waals surface area (Å²) in [6, 6.07) is 6.00. The molecule has 4 nitrogen and oxygen atoms in total. The number of nitrogens with one attached hydrogen (secondary N) is 1. The minimum atomic E-state index is -4.66. The molecule has 112 valence electrons. The van der Waals surface area contributed by atoms with E-state index in [4.69, 9.17) is 5.73 Å². The zero-order valence-electron chi connectivity index (χ0n) is 11.4. The third kappa shape index (κ3) is 2.86. The van der Waals surface area contributed by atoms with Crippen molar-refractivity contribution in [2.45, 2.75) is 13.1 Å². The van der Waals surface area contributed by atoms with Gasteiger partial charge in [-0.1, -0.05) is 6.07 Å². The van der Waals surface area contributed by atoms with Crippen molar-refractivity contribution >= 4 is 11.6 Å². The number of anilines is 1. The quantitative estimate of drug-likeness (QED) is 0.507. The summed E-state index contributed by atoms with van der Waals surface area (Å²) in [6.45, 7) is 1.75. The Morgan fingerprint density at radius 3 is 2.48 bits per heavy atom. The van der Waals surface area contributed by atoms with E-state index in [-0.39, 0.29) is 5.69 Å². The molecule has 0 aliphatic rings. The molecule has 2 rings (SSSR count). The minimum Gasteiger partial charge on any atom is -0.858 e. The summed E-state index contributed by atoms with van der Waals surface area (Å²) in [7, 11) is 1.16. The molecule has 0 bridgehead atoms. The lowest BCUT2D eigenvalue weighted by molar-refractivity contribution is -0.214. The number of aliphatic imine (C=N–C) groups is 1. The number of aromatic amines is 1. The van der Waals surface area contributed by atoms with Crippen LogP contribution in [0.2, 0.25) is 0 Å². The van der Waals surface area contributed by atoms with Gasteiger partial charge in [0.2, 0.25) is 0 Å². The molecular weight excluding hydrogens is 283 g/mol. The van der Waals surface area contributed by atoms with Crippen LogP contribution in [0.5, 0.6) is 0 Å². The summed E-state index contributed by atoms with van der Waals surface area (Å²) < 4.78 is 38.9. The maximum atomic E-state index is 13.0. The van der Waals surface area contributed by atoms with Crippen molar-refractivity contribution in [1.29, 1.82) is 0 Å². The molecule has 2 aromatic rings. The number of rotatable bonds is 2. The predicted octanol–water partition coefficient (Wildman–Crippen LogP) is 2.33. The van der Waals surface area contributed by atoms with Crippen LogP contribution in [-0.4, -0.2) is 17.9 Å². The Bertz CT molecular complexity index is 702. The van der Waals surface area contributed by atoms with Crippen LogP contribution in [0.1, 0.15) is 16.8 Å². The fourth-order valence-corrected chi connectivity index (χ4v) is 1.97. The molecule has 1 aromatic heterocycles. The van der Waals surface area contributed by atoms with Gasteiger partial charge in [0, 0.05) is 24.0 Å². The van der Waals surface area contributed by atoms with Crippen LogP contribution < -0.4 is 10.8 Å². The van der Waals surface area contributed by atoms with Gasteiger partial charge in [-0.25, -0.2) is 0 Å². The molecule has 0 saturated heterocycles. The van der Waals surface area contributed by atoms with Gasteiger partial charge in [0.15, 0.2) is 0 Å². The van der Waals surface area contributed by atoms with Crippen LogP contribution >= 0.6 is 0 Å². The van der Waals surface area contributed by atoms with E-state index in [2.05, 4.69) is 9.98 Å². The molecule has 1 heterocycles. The van der Waals surface area contributed by atoms with E-state index in [9.17, 15) is 18.3 Å². The number of nitrogens with two attached hydrogens (primary N) is 1. The first-order valence-electron chi connectivity index (χ1n) is 6.05. The maximum absolute atomic E-state index is 13.0. The molecule has 1 aromatic carbocycles. The van der Waals surface area contributed by atoms with Gasteiger partial charge in [0.1, 0.15) is 5.69 Å². The van der Waals surface area contributed by atoms with Crippen LogP contribution in [0.4, 0.5) is 18.9 Å². The van der Waals surface area contributed by atoms with Gasteiger partial charge in [-0.2, -0.15) is 13.2 Å². The zero-order valence-corrected chi connectivity index (χ0v) is 11.4. The van der Waals surface area contributed by atoms with Crippen LogP contribution in [-0.2, 0) is 6.18 Å². The van der Waals surface area contributed by atoms with Gasteiger partial charge in [-0.15, -0.1) is 0 Å². The molecule has 0 fully saturated rings. The number of aryl methyl sites for hydroxylation is 1. The molecule has 0 unspecified atom stereocenters. The number of alkyl halides is 3. The first-order valence-corrected chi connectivity index (χ1v) is 6.05. The molecule has 0 aliphatic carbocycles. The van der Waals surface area contributed by atoms with Crippen molar-refractivity contribution in [1.82, 2.24) is 4.98 Å². The smallest absolute Gasteiger partial charge is 0.431 e. The van der Waals surface area contributed by atoms with E-state index in [0.717, 1.165) is 18.7 Å². The Morgan fingerprint density at radius 1 is 1.29 bits per heavy atom. The molecule has 0 spiro atoms. The monoisotopic (exact) mass is 296 g/mol. The highest BCUT2D eigenvalue weighted by Crippen LogP contribution is 2.34. The first-order chi connectivity index (χ1) is 9.74. The number of hydrogen-bond donors (Lipinski definition) is 2. The summed E-state index contributed by atoms with van der Waals surface area (Å²) in [6.07, 6.45) is -4.66. The third-order valence-electron chi connectivity index (χ3n) is 3.12. The lowest BCUT2D eigenvalue weighted by atomic mass is 10.1. The topological polar surface area (TPSA) is 77.2 Å². The Hall–Kier alpha value is -2.44. The standard InChI is InChI=1S/C14H14F3N3O/c1-7-5-8(3-4-10(7)18)11-6-9(13(21)19-2)12(20-11)14(15,16)17/h3-6,20H,18H2,1-2H3,(H,19,21)/p-1. The summed E-state index contributed by atoms with van der Waals surface area (Å²) in [5, 5.41) is 11.5. The molecule has 0 radical (unpaired) electrons. The number of halogens is 3. The Labute approximate surface area is 119 Å². The van der Waals surface area contributed by atoms with Crippen LogP contribution in [0.15, 0.2) is 29.3 Å². The summed E-state index contributed by atoms with van der Waals surface area (Å²) in [5.41, 5.74) is 6.09. The van der Waals surface area contributed by atoms with Crippen molar-refractivity contribution in [3.05, 3.63) is 41.1 Å². The second kappa shape index (κ2) is 5.16. The SMILES string of the molecule is CN=C([O-])c1cc(-c2ccc(N)c(C)c2)[nH]c1C(F)(F)F. The lowest BCUT2D eigenvalue weighted by Crippen LogP contribution is -2.22. The number of nitrogen functional groups attached to an aromatic ring is 1. The Morgan fingerprint density at radius 2 is 1.95 bits per heavy atom. The second-order valence-electron chi connectivity index (χ2n) is 4.57. The summed E-state index contributed by atoms with van der Waals surface area (Å²) in [5.74, 6) is -0.919. The van der Waals surface area contributed by atoms with Crippen molar-refractivity contribution < 1.29 is 18.3 Å². The third-order valence-corrected chi connectivity index (χ3v) is 3.12. The molecule has 21 heavy (non-hydrogen) atoms. The number of H-pyrrole nitrogens is 1. The minimum absolute atomic E-state index is 0.192. The number of hydrogen-bond acceptors (Lipinski definition) is 3. The van der Waals surface area contributed by atoms with E-state index in [1.807, 2.05) is 0 Å². The van der Waals surface area contributed by atoms with E-state index >= 15 is 0 Å². The van der Waals surface area contributed by atoms with Crippen LogP contribution in [0.3, 0.4) is 0 Å². The lowest BCUT2D eigenvalue weighted by Gasteiger charge is -2.12. The number of nitrogens with zero attached hydrogens (tertiary/aromatic N) is 1. The van der Waals surface area contributed by atoms with E-state index in [1.165, 1.54) is 0 Å².